The van der Waals surface area contributed by atoms with E-state index in [1.54, 1.807) is 0 Å². The van der Waals surface area contributed by atoms with Gasteiger partial charge in [0.2, 0.25) is 0 Å². The third-order valence-corrected chi connectivity index (χ3v) is 4.31. The third kappa shape index (κ3) is 2.21. The van der Waals surface area contributed by atoms with E-state index in [0.717, 1.165) is 30.2 Å². The molecule has 2 aliphatic rings. The minimum Gasteiger partial charge on any atom is -0.461 e. The van der Waals surface area contributed by atoms with Crippen LogP contribution in [0.15, 0.2) is 30.3 Å². The van der Waals surface area contributed by atoms with Crippen molar-refractivity contribution < 1.29 is 9.53 Å². The van der Waals surface area contributed by atoms with Crippen LogP contribution in [0.2, 0.25) is 0 Å². The Bertz CT molecular complexity index is 387. The molecule has 17 heavy (non-hydrogen) atoms. The fourth-order valence-corrected chi connectivity index (χ4v) is 3.12. The van der Waals surface area contributed by atoms with Gasteiger partial charge in [0.25, 0.3) is 0 Å². The molecule has 2 heteroatoms. The second-order valence-corrected chi connectivity index (χ2v) is 5.36. The van der Waals surface area contributed by atoms with E-state index >= 15 is 0 Å². The first-order valence-corrected chi connectivity index (χ1v) is 6.53. The van der Waals surface area contributed by atoms with Crippen molar-refractivity contribution in [2.24, 2.45) is 17.8 Å². The summed E-state index contributed by atoms with van der Waals surface area (Å²) in [5.41, 5.74) is 1.07. The van der Waals surface area contributed by atoms with Gasteiger partial charge in [0.1, 0.15) is 6.61 Å². The highest BCUT2D eigenvalue weighted by Gasteiger charge is 2.43. The van der Waals surface area contributed by atoms with Crippen molar-refractivity contribution in [3.05, 3.63) is 35.9 Å². The Kier molecular flexibility index (Phi) is 2.87. The number of ether oxygens (including phenoxy) is 1. The van der Waals surface area contributed by atoms with Gasteiger partial charge in [-0.2, -0.15) is 0 Å². The maximum absolute atomic E-state index is 11.9. The number of carbonyl (C=O) groups excluding carboxylic acids is 1. The molecule has 1 aromatic rings. The van der Waals surface area contributed by atoms with Gasteiger partial charge < -0.3 is 4.74 Å². The summed E-state index contributed by atoms with van der Waals surface area (Å²) in [5, 5.41) is 0. The molecule has 3 rings (SSSR count). The van der Waals surface area contributed by atoms with Gasteiger partial charge in [-0.1, -0.05) is 30.3 Å². The van der Waals surface area contributed by atoms with Crippen LogP contribution < -0.4 is 0 Å². The zero-order valence-corrected chi connectivity index (χ0v) is 9.97. The van der Waals surface area contributed by atoms with Crippen LogP contribution in [0.5, 0.6) is 0 Å². The lowest BCUT2D eigenvalue weighted by molar-refractivity contribution is -0.149. The van der Waals surface area contributed by atoms with Gasteiger partial charge in [0.05, 0.1) is 5.92 Å². The summed E-state index contributed by atoms with van der Waals surface area (Å²) in [6.45, 7) is 0.422. The second kappa shape index (κ2) is 4.52. The van der Waals surface area contributed by atoms with Crippen molar-refractivity contribution in [2.75, 3.05) is 0 Å². The Labute approximate surface area is 102 Å². The molecule has 0 N–H and O–H groups in total. The fraction of sp³-hybridized carbons (Fsp3) is 0.533. The van der Waals surface area contributed by atoms with Crippen LogP contribution in [0, 0.1) is 17.8 Å². The van der Waals surface area contributed by atoms with Gasteiger partial charge in [-0.15, -0.1) is 0 Å². The van der Waals surface area contributed by atoms with Gasteiger partial charge in [0, 0.05) is 0 Å². The Balaban J connectivity index is 1.51. The molecule has 1 aromatic carbocycles. The summed E-state index contributed by atoms with van der Waals surface area (Å²) in [4.78, 5) is 11.9. The number of benzene rings is 1. The molecule has 2 fully saturated rings. The average molecular weight is 230 g/mol. The normalized spacial score (nSPS) is 30.5. The molecule has 2 saturated carbocycles. The molecule has 0 bridgehead atoms. The first kappa shape index (κ1) is 10.8. The molecule has 2 nitrogen and oxygen atoms in total. The first-order valence-electron chi connectivity index (χ1n) is 6.53. The number of rotatable bonds is 3. The van der Waals surface area contributed by atoms with Crippen molar-refractivity contribution >= 4 is 5.97 Å². The van der Waals surface area contributed by atoms with Crippen LogP contribution >= 0.6 is 0 Å². The zero-order valence-electron chi connectivity index (χ0n) is 9.97. The molecule has 0 saturated heterocycles. The van der Waals surface area contributed by atoms with Gasteiger partial charge >= 0.3 is 5.97 Å². The molecule has 0 amide bonds. The predicted molar refractivity (Wildman–Crippen MR) is 65.2 cm³/mol. The topological polar surface area (TPSA) is 26.3 Å². The lowest BCUT2D eigenvalue weighted by Crippen LogP contribution is -2.18. The molecule has 0 radical (unpaired) electrons. The summed E-state index contributed by atoms with van der Waals surface area (Å²) in [6.07, 6.45) is 4.79. The lowest BCUT2D eigenvalue weighted by atomic mass is 9.77. The maximum atomic E-state index is 11.9. The largest absolute Gasteiger partial charge is 0.461 e. The Morgan fingerprint density at radius 2 is 1.76 bits per heavy atom. The Morgan fingerprint density at radius 1 is 1.12 bits per heavy atom. The van der Waals surface area contributed by atoms with E-state index < -0.39 is 0 Å². The van der Waals surface area contributed by atoms with Crippen LogP contribution in [0.1, 0.15) is 31.2 Å². The van der Waals surface area contributed by atoms with Crippen molar-refractivity contribution in [3.63, 3.8) is 0 Å². The predicted octanol–water partition coefficient (Wildman–Crippen LogP) is 3.17. The molecule has 2 unspecified atom stereocenters. The van der Waals surface area contributed by atoms with E-state index in [1.165, 1.54) is 12.8 Å². The summed E-state index contributed by atoms with van der Waals surface area (Å²) >= 11 is 0. The lowest BCUT2D eigenvalue weighted by Gasteiger charge is -2.29. The number of hydrogen-bond acceptors (Lipinski definition) is 2. The van der Waals surface area contributed by atoms with E-state index in [2.05, 4.69) is 0 Å². The highest BCUT2D eigenvalue weighted by Crippen LogP contribution is 2.49. The quantitative estimate of drug-likeness (QED) is 0.745. The van der Waals surface area contributed by atoms with Crippen molar-refractivity contribution in [1.82, 2.24) is 0 Å². The summed E-state index contributed by atoms with van der Waals surface area (Å²) in [6, 6.07) is 9.90. The van der Waals surface area contributed by atoms with E-state index in [4.69, 9.17) is 4.74 Å². The van der Waals surface area contributed by atoms with Crippen molar-refractivity contribution in [1.29, 1.82) is 0 Å². The SMILES string of the molecule is O=C(OCc1ccccc1)C1CC2CCC2C1. The average Bonchev–Trinajstić information content (AvgIpc) is 2.64. The molecule has 0 aromatic heterocycles. The molecule has 0 aliphatic heterocycles. The van der Waals surface area contributed by atoms with Gasteiger partial charge in [-0.05, 0) is 43.1 Å². The fourth-order valence-electron chi connectivity index (χ4n) is 3.12. The standard InChI is InChI=1S/C15H18O2/c16-15(14-8-12-6-7-13(12)9-14)17-10-11-4-2-1-3-5-11/h1-5,12-14H,6-10H2. The molecule has 0 spiro atoms. The Hall–Kier alpha value is -1.31. The molecule has 90 valence electrons. The van der Waals surface area contributed by atoms with Crippen LogP contribution in [0.25, 0.3) is 0 Å². The highest BCUT2D eigenvalue weighted by molar-refractivity contribution is 5.73. The third-order valence-electron chi connectivity index (χ3n) is 4.31. The first-order chi connectivity index (χ1) is 8.33. The van der Waals surface area contributed by atoms with Crippen molar-refractivity contribution in [2.45, 2.75) is 32.3 Å². The van der Waals surface area contributed by atoms with Crippen LogP contribution in [-0.4, -0.2) is 5.97 Å². The van der Waals surface area contributed by atoms with Crippen LogP contribution in [0.4, 0.5) is 0 Å². The van der Waals surface area contributed by atoms with Gasteiger partial charge in [-0.3, -0.25) is 4.79 Å². The van der Waals surface area contributed by atoms with E-state index in [-0.39, 0.29) is 11.9 Å². The number of hydrogen-bond donors (Lipinski definition) is 0. The summed E-state index contributed by atoms with van der Waals surface area (Å²) < 4.78 is 5.40. The van der Waals surface area contributed by atoms with Gasteiger partial charge in [0.15, 0.2) is 0 Å². The molecule has 0 heterocycles. The molecule has 2 aliphatic carbocycles. The summed E-state index contributed by atoms with van der Waals surface area (Å²) in [7, 11) is 0. The van der Waals surface area contributed by atoms with Gasteiger partial charge in [-0.25, -0.2) is 0 Å². The maximum Gasteiger partial charge on any atom is 0.309 e. The number of esters is 1. The number of fused-ring (bicyclic) bond motifs is 1. The zero-order chi connectivity index (χ0) is 11.7. The highest BCUT2D eigenvalue weighted by atomic mass is 16.5. The van der Waals surface area contributed by atoms with Crippen molar-refractivity contribution in [3.8, 4) is 0 Å². The molecular weight excluding hydrogens is 212 g/mol. The summed E-state index contributed by atoms with van der Waals surface area (Å²) in [5.74, 6) is 1.84. The van der Waals surface area contributed by atoms with Crippen LogP contribution in [0.3, 0.4) is 0 Å². The Morgan fingerprint density at radius 3 is 2.35 bits per heavy atom. The monoisotopic (exact) mass is 230 g/mol. The smallest absolute Gasteiger partial charge is 0.309 e. The molecular formula is C15H18O2. The molecule has 2 atom stereocenters. The minimum atomic E-state index is 0.0169. The van der Waals surface area contributed by atoms with Crippen LogP contribution in [-0.2, 0) is 16.1 Å². The second-order valence-electron chi connectivity index (χ2n) is 5.36. The number of carbonyl (C=O) groups is 1. The van der Waals surface area contributed by atoms with E-state index in [9.17, 15) is 4.79 Å². The minimum absolute atomic E-state index is 0.0169. The van der Waals surface area contributed by atoms with E-state index in [1.807, 2.05) is 30.3 Å². The van der Waals surface area contributed by atoms with E-state index in [0.29, 0.717) is 6.61 Å².